The molecule has 0 radical (unpaired) electrons. The lowest BCUT2D eigenvalue weighted by Gasteiger charge is -2.21. The average molecular weight is 362 g/mol. The maximum absolute atomic E-state index is 10.7. The molecule has 0 atom stereocenters. The number of benzene rings is 2. The Hall–Kier alpha value is -3.28. The minimum atomic E-state index is 0.158. The highest BCUT2D eigenvalue weighted by Crippen LogP contribution is 2.34. The van der Waals surface area contributed by atoms with Crippen molar-refractivity contribution in [2.45, 2.75) is 13.8 Å². The molecule has 27 heavy (non-hydrogen) atoms. The zero-order chi connectivity index (χ0) is 19.3. The van der Waals surface area contributed by atoms with Crippen molar-refractivity contribution in [3.8, 4) is 5.75 Å². The number of hydrogen-bond acceptors (Lipinski definition) is 4. The summed E-state index contributed by atoms with van der Waals surface area (Å²) in [5, 5.41) is 19.4. The highest BCUT2D eigenvalue weighted by Gasteiger charge is 2.32. The number of methoxy groups -OCH3 is 1. The van der Waals surface area contributed by atoms with Crippen LogP contribution >= 0.6 is 0 Å². The SMILES string of the molecule is COc1ccc2c(c1)nc(C1=C(O)CN(c3ccc(C)cc3C)C1=N)n2C. The molecule has 4 rings (SSSR count). The summed E-state index contributed by atoms with van der Waals surface area (Å²) >= 11 is 0. The zero-order valence-corrected chi connectivity index (χ0v) is 15.9. The zero-order valence-electron chi connectivity index (χ0n) is 15.9. The van der Waals surface area contributed by atoms with Crippen molar-refractivity contribution in [3.05, 3.63) is 59.1 Å². The molecule has 0 saturated carbocycles. The van der Waals surface area contributed by atoms with Crippen LogP contribution in [-0.2, 0) is 7.05 Å². The summed E-state index contributed by atoms with van der Waals surface area (Å²) in [6, 6.07) is 11.8. The minimum Gasteiger partial charge on any atom is -0.509 e. The average Bonchev–Trinajstić information content (AvgIpc) is 3.10. The highest BCUT2D eigenvalue weighted by atomic mass is 16.5. The van der Waals surface area contributed by atoms with Crippen LogP contribution in [-0.4, -0.2) is 34.1 Å². The third-order valence-corrected chi connectivity index (χ3v) is 5.06. The smallest absolute Gasteiger partial charge is 0.148 e. The molecule has 138 valence electrons. The Morgan fingerprint density at radius 3 is 2.63 bits per heavy atom. The molecule has 1 aliphatic rings. The molecular weight excluding hydrogens is 340 g/mol. The van der Waals surface area contributed by atoms with Crippen molar-refractivity contribution in [2.24, 2.45) is 7.05 Å². The summed E-state index contributed by atoms with van der Waals surface area (Å²) in [6.45, 7) is 4.33. The molecule has 0 saturated heterocycles. The molecule has 1 aromatic heterocycles. The van der Waals surface area contributed by atoms with E-state index in [0.717, 1.165) is 28.0 Å². The number of amidine groups is 1. The molecule has 1 aliphatic heterocycles. The summed E-state index contributed by atoms with van der Waals surface area (Å²) in [5.74, 6) is 1.71. The van der Waals surface area contributed by atoms with E-state index in [9.17, 15) is 5.11 Å². The van der Waals surface area contributed by atoms with E-state index in [1.54, 1.807) is 7.11 Å². The molecule has 0 unspecified atom stereocenters. The summed E-state index contributed by atoms with van der Waals surface area (Å²) in [6.07, 6.45) is 0. The van der Waals surface area contributed by atoms with Gasteiger partial charge in [-0.05, 0) is 37.6 Å². The summed E-state index contributed by atoms with van der Waals surface area (Å²) in [4.78, 5) is 6.48. The third-order valence-electron chi connectivity index (χ3n) is 5.06. The van der Waals surface area contributed by atoms with E-state index in [4.69, 9.17) is 10.1 Å². The number of ether oxygens (including phenoxy) is 1. The van der Waals surface area contributed by atoms with E-state index in [0.29, 0.717) is 11.4 Å². The molecule has 0 amide bonds. The monoisotopic (exact) mass is 362 g/mol. The summed E-state index contributed by atoms with van der Waals surface area (Å²) < 4.78 is 7.18. The molecule has 2 N–H and O–H groups in total. The fourth-order valence-corrected chi connectivity index (χ4v) is 3.66. The van der Waals surface area contributed by atoms with Gasteiger partial charge in [-0.25, -0.2) is 4.98 Å². The van der Waals surface area contributed by atoms with E-state index < -0.39 is 0 Å². The van der Waals surface area contributed by atoms with Gasteiger partial charge in [0.25, 0.3) is 0 Å². The molecule has 2 heterocycles. The second-order valence-corrected chi connectivity index (χ2v) is 6.90. The van der Waals surface area contributed by atoms with Gasteiger partial charge < -0.3 is 19.3 Å². The first kappa shape index (κ1) is 17.1. The van der Waals surface area contributed by atoms with Crippen LogP contribution in [0.5, 0.6) is 5.75 Å². The largest absolute Gasteiger partial charge is 0.509 e. The van der Waals surface area contributed by atoms with Crippen LogP contribution in [0.3, 0.4) is 0 Å². The van der Waals surface area contributed by atoms with Gasteiger partial charge in [-0.2, -0.15) is 0 Å². The van der Waals surface area contributed by atoms with Crippen LogP contribution in [0.25, 0.3) is 16.6 Å². The third kappa shape index (κ3) is 2.65. The molecule has 6 heteroatoms. The first-order valence-electron chi connectivity index (χ1n) is 8.77. The highest BCUT2D eigenvalue weighted by molar-refractivity contribution is 6.30. The van der Waals surface area contributed by atoms with Gasteiger partial charge in [0.1, 0.15) is 23.2 Å². The van der Waals surface area contributed by atoms with E-state index >= 15 is 0 Å². The van der Waals surface area contributed by atoms with Gasteiger partial charge >= 0.3 is 0 Å². The maximum atomic E-state index is 10.7. The van der Waals surface area contributed by atoms with E-state index in [2.05, 4.69) is 11.1 Å². The molecule has 0 bridgehead atoms. The molecule has 3 aromatic rings. The topological polar surface area (TPSA) is 74.4 Å². The molecule has 0 spiro atoms. The van der Waals surface area contributed by atoms with Crippen LogP contribution in [0, 0.1) is 19.3 Å². The van der Waals surface area contributed by atoms with Crippen molar-refractivity contribution < 1.29 is 9.84 Å². The lowest BCUT2D eigenvalue weighted by molar-refractivity contribution is 0.411. The van der Waals surface area contributed by atoms with Crippen molar-refractivity contribution in [3.63, 3.8) is 0 Å². The van der Waals surface area contributed by atoms with E-state index in [1.165, 1.54) is 5.56 Å². The summed E-state index contributed by atoms with van der Waals surface area (Å²) in [7, 11) is 3.51. The predicted octanol–water partition coefficient (Wildman–Crippen LogP) is 3.97. The molecule has 0 aliphatic carbocycles. The fourth-order valence-electron chi connectivity index (χ4n) is 3.66. The number of rotatable bonds is 3. The first-order chi connectivity index (χ1) is 12.9. The number of aliphatic hydroxyl groups is 1. The fraction of sp³-hybridized carbons (Fsp3) is 0.238. The lowest BCUT2D eigenvalue weighted by atomic mass is 10.1. The van der Waals surface area contributed by atoms with Crippen LogP contribution in [0.4, 0.5) is 5.69 Å². The molecule has 6 nitrogen and oxygen atoms in total. The van der Waals surface area contributed by atoms with Crippen molar-refractivity contribution >= 4 is 28.1 Å². The van der Waals surface area contributed by atoms with Crippen LogP contribution in [0.2, 0.25) is 0 Å². The number of hydrogen-bond donors (Lipinski definition) is 2. The van der Waals surface area contributed by atoms with Gasteiger partial charge in [-0.15, -0.1) is 0 Å². The Balaban J connectivity index is 1.78. The lowest BCUT2D eigenvalue weighted by Crippen LogP contribution is -2.27. The Kier molecular flexibility index (Phi) is 3.91. The van der Waals surface area contributed by atoms with Crippen molar-refractivity contribution in [2.75, 3.05) is 18.6 Å². The Bertz CT molecular complexity index is 1110. The van der Waals surface area contributed by atoms with Crippen molar-refractivity contribution in [1.29, 1.82) is 5.41 Å². The second-order valence-electron chi connectivity index (χ2n) is 6.90. The number of nitrogens with zero attached hydrogens (tertiary/aromatic N) is 3. The normalized spacial score (nSPS) is 14.5. The van der Waals surface area contributed by atoms with Crippen molar-refractivity contribution in [1.82, 2.24) is 9.55 Å². The van der Waals surface area contributed by atoms with Crippen LogP contribution in [0.1, 0.15) is 17.0 Å². The number of aryl methyl sites for hydroxylation is 3. The number of aliphatic hydroxyl groups excluding tert-OH is 1. The maximum Gasteiger partial charge on any atom is 0.148 e. The van der Waals surface area contributed by atoms with Gasteiger partial charge in [-0.3, -0.25) is 5.41 Å². The summed E-state index contributed by atoms with van der Waals surface area (Å²) in [5.41, 5.74) is 5.32. The standard InChI is InChI=1S/C21H22N4O2/c1-12-5-7-16(13(2)9-12)25-11-18(26)19(20(25)22)21-23-15-10-14(27-4)6-8-17(15)24(21)3/h5-10,22,26H,11H2,1-4H3. The van der Waals surface area contributed by atoms with Gasteiger partial charge in [0.15, 0.2) is 0 Å². The van der Waals surface area contributed by atoms with E-state index in [-0.39, 0.29) is 18.1 Å². The number of anilines is 1. The Morgan fingerprint density at radius 2 is 1.93 bits per heavy atom. The van der Waals surface area contributed by atoms with Gasteiger partial charge in [0.2, 0.25) is 0 Å². The number of aromatic nitrogens is 2. The molecule has 0 fully saturated rings. The first-order valence-corrected chi connectivity index (χ1v) is 8.77. The number of nitrogens with one attached hydrogen (secondary N) is 1. The quantitative estimate of drug-likeness (QED) is 0.739. The Labute approximate surface area is 157 Å². The second kappa shape index (κ2) is 6.16. The van der Waals surface area contributed by atoms with Gasteiger partial charge in [0.05, 0.1) is 30.3 Å². The van der Waals surface area contributed by atoms with Gasteiger partial charge in [-0.1, -0.05) is 17.7 Å². The van der Waals surface area contributed by atoms with Gasteiger partial charge in [0, 0.05) is 18.8 Å². The van der Waals surface area contributed by atoms with E-state index in [1.807, 2.05) is 60.7 Å². The minimum absolute atomic E-state index is 0.158. The van der Waals surface area contributed by atoms with Crippen LogP contribution < -0.4 is 9.64 Å². The predicted molar refractivity (Wildman–Crippen MR) is 108 cm³/mol. The van der Waals surface area contributed by atoms with Crippen LogP contribution in [0.15, 0.2) is 42.2 Å². The molecule has 2 aromatic carbocycles. The molecular formula is C21H22N4O2. The number of fused-ring (bicyclic) bond motifs is 1. The number of imidazole rings is 1. The Morgan fingerprint density at radius 1 is 1.15 bits per heavy atom.